The maximum atomic E-state index is 11.6. The highest BCUT2D eigenvalue weighted by Gasteiger charge is 2.23. The summed E-state index contributed by atoms with van der Waals surface area (Å²) in [6.45, 7) is 0. The summed E-state index contributed by atoms with van der Waals surface area (Å²) in [5.41, 5.74) is 12.1. The van der Waals surface area contributed by atoms with Gasteiger partial charge in [0.15, 0.2) is 0 Å². The Kier molecular flexibility index (Phi) is 6.07. The molecule has 0 unspecified atom stereocenters. The normalized spacial score (nSPS) is 21.0. The number of hydrogen-bond donors (Lipinski definition) is 6. The zero-order valence-electron chi connectivity index (χ0n) is 13.7. The molecule has 0 radical (unpaired) electrons. The molecule has 1 heterocycles. The Labute approximate surface area is 140 Å². The molecule has 0 aromatic carbocycles. The number of allylic oxidation sites excluding steroid dienone is 1. The summed E-state index contributed by atoms with van der Waals surface area (Å²) in [4.78, 5) is 20.1. The molecule has 2 rings (SSSR count). The lowest BCUT2D eigenvalue weighted by atomic mass is 9.91. The van der Waals surface area contributed by atoms with Crippen LogP contribution in [0.1, 0.15) is 36.0 Å². The quantitative estimate of drug-likeness (QED) is 0.394. The molecule has 24 heavy (non-hydrogen) atoms. The molecule has 1 amide bonds. The average molecular weight is 332 g/mol. The van der Waals surface area contributed by atoms with Crippen LogP contribution < -0.4 is 27.4 Å². The Morgan fingerprint density at radius 1 is 1.42 bits per heavy atom. The number of rotatable bonds is 7. The molecular formula is C15H24N8O. The lowest BCUT2D eigenvalue weighted by Gasteiger charge is -2.29. The molecule has 1 aliphatic rings. The molecule has 0 aliphatic heterocycles. The van der Waals surface area contributed by atoms with Gasteiger partial charge in [-0.25, -0.2) is 4.98 Å². The van der Waals surface area contributed by atoms with Crippen LogP contribution in [-0.4, -0.2) is 41.2 Å². The van der Waals surface area contributed by atoms with E-state index in [1.165, 1.54) is 6.20 Å². The summed E-state index contributed by atoms with van der Waals surface area (Å²) in [5, 5.41) is 16.3. The number of amides is 1. The van der Waals surface area contributed by atoms with Crippen LogP contribution >= 0.6 is 0 Å². The Morgan fingerprint density at radius 3 is 2.79 bits per heavy atom. The van der Waals surface area contributed by atoms with Crippen LogP contribution in [0, 0.1) is 5.41 Å². The van der Waals surface area contributed by atoms with Crippen LogP contribution in [0.2, 0.25) is 0 Å². The lowest BCUT2D eigenvalue weighted by Crippen LogP contribution is -2.43. The van der Waals surface area contributed by atoms with E-state index in [9.17, 15) is 4.79 Å². The van der Waals surface area contributed by atoms with Gasteiger partial charge in [0.25, 0.3) is 5.91 Å². The van der Waals surface area contributed by atoms with E-state index in [2.05, 4.69) is 25.9 Å². The van der Waals surface area contributed by atoms with Gasteiger partial charge in [0, 0.05) is 37.7 Å². The Morgan fingerprint density at radius 2 is 2.17 bits per heavy atom. The van der Waals surface area contributed by atoms with Crippen molar-refractivity contribution in [1.29, 1.82) is 5.41 Å². The number of aromatic nitrogens is 2. The summed E-state index contributed by atoms with van der Waals surface area (Å²) in [6.07, 6.45) is 8.21. The van der Waals surface area contributed by atoms with E-state index >= 15 is 0 Å². The second-order valence-corrected chi connectivity index (χ2v) is 5.68. The SMILES string of the molecule is CN/C=C(\C=N)Nc1nc(N[C@@H]2CCCC[C@@H]2N)ncc1C(N)=O. The topological polar surface area (TPSA) is 155 Å². The molecule has 1 fully saturated rings. The van der Waals surface area contributed by atoms with Gasteiger partial charge in [-0.15, -0.1) is 0 Å². The number of hydrogen-bond acceptors (Lipinski definition) is 8. The minimum atomic E-state index is -0.646. The third kappa shape index (κ3) is 4.42. The van der Waals surface area contributed by atoms with Crippen molar-refractivity contribution < 1.29 is 4.79 Å². The average Bonchev–Trinajstić information content (AvgIpc) is 2.56. The van der Waals surface area contributed by atoms with Crippen molar-refractivity contribution in [3.8, 4) is 0 Å². The molecule has 1 saturated carbocycles. The summed E-state index contributed by atoms with van der Waals surface area (Å²) in [5.74, 6) is -0.0276. The van der Waals surface area contributed by atoms with Crippen molar-refractivity contribution in [2.75, 3.05) is 17.7 Å². The fourth-order valence-corrected chi connectivity index (χ4v) is 2.64. The van der Waals surface area contributed by atoms with Crippen LogP contribution in [0.25, 0.3) is 0 Å². The first-order valence-corrected chi connectivity index (χ1v) is 7.89. The summed E-state index contributed by atoms with van der Waals surface area (Å²) >= 11 is 0. The second kappa shape index (κ2) is 8.25. The lowest BCUT2D eigenvalue weighted by molar-refractivity contribution is 0.100. The zero-order chi connectivity index (χ0) is 17.5. The minimum absolute atomic E-state index is 0.0518. The molecule has 9 nitrogen and oxygen atoms in total. The van der Waals surface area contributed by atoms with Gasteiger partial charge >= 0.3 is 0 Å². The van der Waals surface area contributed by atoms with Crippen molar-refractivity contribution in [2.45, 2.75) is 37.8 Å². The van der Waals surface area contributed by atoms with E-state index in [4.69, 9.17) is 16.9 Å². The Hall–Kier alpha value is -2.68. The first-order valence-electron chi connectivity index (χ1n) is 7.89. The van der Waals surface area contributed by atoms with E-state index in [0.29, 0.717) is 11.6 Å². The molecule has 0 spiro atoms. The second-order valence-electron chi connectivity index (χ2n) is 5.68. The van der Waals surface area contributed by atoms with Crippen molar-refractivity contribution in [2.24, 2.45) is 11.5 Å². The van der Waals surface area contributed by atoms with Crippen LogP contribution in [0.3, 0.4) is 0 Å². The van der Waals surface area contributed by atoms with Gasteiger partial charge in [-0.05, 0) is 12.8 Å². The molecule has 2 atom stereocenters. The highest BCUT2D eigenvalue weighted by atomic mass is 16.1. The number of anilines is 2. The standard InChI is InChI=1S/C15H24N8O/c1-19-7-9(6-16)21-14-10(13(18)24)8-20-15(23-14)22-12-5-3-2-4-11(12)17/h6-8,11-12,16,19H,2-5,17H2,1H3,(H2,18,24)(H2,20,21,22,23)/b9-7+,16-6?/t11-,12+/m0/s1. The van der Waals surface area contributed by atoms with Crippen molar-refractivity contribution in [1.82, 2.24) is 15.3 Å². The van der Waals surface area contributed by atoms with Gasteiger partial charge in [-0.2, -0.15) is 4.98 Å². The molecule has 0 saturated heterocycles. The van der Waals surface area contributed by atoms with Crippen LogP contribution in [0.4, 0.5) is 11.8 Å². The Bertz CT molecular complexity index is 630. The monoisotopic (exact) mass is 332 g/mol. The number of nitrogens with one attached hydrogen (secondary N) is 4. The summed E-state index contributed by atoms with van der Waals surface area (Å²) in [6, 6.07) is 0.150. The van der Waals surface area contributed by atoms with Crippen molar-refractivity contribution >= 4 is 23.9 Å². The van der Waals surface area contributed by atoms with Gasteiger partial charge in [-0.1, -0.05) is 12.8 Å². The predicted molar refractivity (Wildman–Crippen MR) is 94.0 cm³/mol. The van der Waals surface area contributed by atoms with E-state index in [1.54, 1.807) is 13.2 Å². The maximum absolute atomic E-state index is 11.6. The molecule has 0 bridgehead atoms. The minimum Gasteiger partial charge on any atom is -0.392 e. The van der Waals surface area contributed by atoms with Gasteiger partial charge in [-0.3, -0.25) is 4.79 Å². The smallest absolute Gasteiger partial charge is 0.254 e. The molecule has 1 aromatic heterocycles. The van der Waals surface area contributed by atoms with E-state index in [0.717, 1.165) is 31.9 Å². The van der Waals surface area contributed by atoms with Gasteiger partial charge in [0.2, 0.25) is 5.95 Å². The van der Waals surface area contributed by atoms with Crippen molar-refractivity contribution in [3.63, 3.8) is 0 Å². The van der Waals surface area contributed by atoms with Crippen LogP contribution in [0.5, 0.6) is 0 Å². The fourth-order valence-electron chi connectivity index (χ4n) is 2.64. The van der Waals surface area contributed by atoms with E-state index in [-0.39, 0.29) is 23.5 Å². The zero-order valence-corrected chi connectivity index (χ0v) is 13.7. The maximum Gasteiger partial charge on any atom is 0.254 e. The first kappa shape index (κ1) is 17.7. The first-order chi connectivity index (χ1) is 11.5. The largest absolute Gasteiger partial charge is 0.392 e. The van der Waals surface area contributed by atoms with Gasteiger partial charge in [0.1, 0.15) is 11.4 Å². The molecule has 1 aliphatic carbocycles. The highest BCUT2D eigenvalue weighted by Crippen LogP contribution is 2.21. The highest BCUT2D eigenvalue weighted by molar-refractivity contribution is 5.98. The molecule has 9 heteroatoms. The number of nitrogens with two attached hydrogens (primary N) is 2. The summed E-state index contributed by atoms with van der Waals surface area (Å²) < 4.78 is 0. The molecule has 1 aromatic rings. The fraction of sp³-hybridized carbons (Fsp3) is 0.467. The molecule has 8 N–H and O–H groups in total. The third-order valence-corrected chi connectivity index (χ3v) is 3.91. The van der Waals surface area contributed by atoms with Crippen molar-refractivity contribution in [3.05, 3.63) is 23.7 Å². The third-order valence-electron chi connectivity index (χ3n) is 3.91. The van der Waals surface area contributed by atoms with E-state index < -0.39 is 5.91 Å². The summed E-state index contributed by atoms with van der Waals surface area (Å²) in [7, 11) is 1.71. The number of nitrogens with zero attached hydrogens (tertiary/aromatic N) is 2. The van der Waals surface area contributed by atoms with E-state index in [1.807, 2.05) is 0 Å². The van der Waals surface area contributed by atoms with Crippen LogP contribution in [0.15, 0.2) is 18.1 Å². The number of primary amides is 1. The Balaban J connectivity index is 2.24. The molecule has 130 valence electrons. The predicted octanol–water partition coefficient (Wildman–Crippen LogP) is 0.380. The van der Waals surface area contributed by atoms with Gasteiger partial charge < -0.3 is 32.8 Å². The number of carbonyl (C=O) groups excluding carboxylic acids is 1. The van der Waals surface area contributed by atoms with Gasteiger partial charge in [0.05, 0.1) is 5.70 Å². The number of carbonyl (C=O) groups is 1. The molecular weight excluding hydrogens is 308 g/mol. The van der Waals surface area contributed by atoms with Crippen LogP contribution in [-0.2, 0) is 0 Å².